The molecule has 1 aromatic heterocycles. The van der Waals surface area contributed by atoms with Gasteiger partial charge >= 0.3 is 7.60 Å². The first-order valence-electron chi connectivity index (χ1n) is 10.8. The predicted octanol–water partition coefficient (Wildman–Crippen LogP) is 2.25. The van der Waals surface area contributed by atoms with E-state index < -0.39 is 25.3 Å². The molecule has 12 heteroatoms. The summed E-state index contributed by atoms with van der Waals surface area (Å²) >= 11 is 0. The lowest BCUT2D eigenvalue weighted by atomic mass is 10.0. The SMILES string of the molecule is CCCCC[C@H](CN(O)C=O)C(=O)NCNC(=O)c1ccc(-c2cccc(P(=O)(O)OC)c2)o1. The highest BCUT2D eigenvalue weighted by Gasteiger charge is 2.23. The first-order chi connectivity index (χ1) is 16.2. The molecule has 4 N–H and O–H groups in total. The number of nitrogens with zero attached hydrogens (tertiary/aromatic N) is 1. The molecule has 1 unspecified atom stereocenters. The molecule has 1 aromatic carbocycles. The third-order valence-electron chi connectivity index (χ3n) is 5.10. The van der Waals surface area contributed by atoms with Crippen molar-refractivity contribution in [2.24, 2.45) is 5.92 Å². The normalized spacial score (nSPS) is 13.5. The summed E-state index contributed by atoms with van der Waals surface area (Å²) in [5.41, 5.74) is 0.481. The van der Waals surface area contributed by atoms with E-state index in [4.69, 9.17) is 4.42 Å². The number of hydroxylamine groups is 2. The second kappa shape index (κ2) is 13.0. The molecular weight excluding hydrogens is 465 g/mol. The van der Waals surface area contributed by atoms with Gasteiger partial charge in [0.15, 0.2) is 5.76 Å². The molecule has 0 radical (unpaired) electrons. The zero-order chi connectivity index (χ0) is 25.1. The van der Waals surface area contributed by atoms with E-state index in [0.717, 1.165) is 26.4 Å². The first-order valence-corrected chi connectivity index (χ1v) is 12.4. The number of unbranched alkanes of at least 4 members (excludes halogenated alkanes) is 2. The van der Waals surface area contributed by atoms with Crippen molar-refractivity contribution in [2.75, 3.05) is 20.3 Å². The minimum absolute atomic E-state index is 0.0180. The lowest BCUT2D eigenvalue weighted by Crippen LogP contribution is -2.42. The summed E-state index contributed by atoms with van der Waals surface area (Å²) in [5, 5.41) is 15.0. The van der Waals surface area contributed by atoms with E-state index in [-0.39, 0.29) is 30.7 Å². The molecule has 0 aliphatic carbocycles. The van der Waals surface area contributed by atoms with E-state index in [1.54, 1.807) is 18.2 Å². The average Bonchev–Trinajstić information content (AvgIpc) is 3.34. The lowest BCUT2D eigenvalue weighted by molar-refractivity contribution is -0.154. The van der Waals surface area contributed by atoms with Crippen molar-refractivity contribution in [1.29, 1.82) is 0 Å². The predicted molar refractivity (Wildman–Crippen MR) is 123 cm³/mol. The van der Waals surface area contributed by atoms with E-state index in [2.05, 4.69) is 15.2 Å². The molecule has 0 aliphatic rings. The highest BCUT2D eigenvalue weighted by atomic mass is 31.2. The molecule has 186 valence electrons. The second-order valence-corrected chi connectivity index (χ2v) is 9.48. The molecule has 0 saturated carbocycles. The van der Waals surface area contributed by atoms with Gasteiger partial charge in [-0.15, -0.1) is 0 Å². The Morgan fingerprint density at radius 3 is 2.68 bits per heavy atom. The minimum atomic E-state index is -3.94. The fourth-order valence-corrected chi connectivity index (χ4v) is 4.00. The van der Waals surface area contributed by atoms with Crippen molar-refractivity contribution in [1.82, 2.24) is 15.7 Å². The van der Waals surface area contributed by atoms with Crippen LogP contribution in [0.2, 0.25) is 0 Å². The molecular formula is C22H30N3O8P. The van der Waals surface area contributed by atoms with Crippen molar-refractivity contribution in [3.05, 3.63) is 42.2 Å². The Bertz CT molecular complexity index is 1030. The van der Waals surface area contributed by atoms with Crippen molar-refractivity contribution in [2.45, 2.75) is 32.6 Å². The molecule has 2 atom stereocenters. The van der Waals surface area contributed by atoms with Crippen LogP contribution in [0.25, 0.3) is 11.3 Å². The Hall–Kier alpha value is -2.98. The van der Waals surface area contributed by atoms with Crippen molar-refractivity contribution in [3.8, 4) is 11.3 Å². The Kier molecular flexibility index (Phi) is 10.5. The van der Waals surface area contributed by atoms with E-state index in [0.29, 0.717) is 22.8 Å². The number of amides is 3. The van der Waals surface area contributed by atoms with Crippen LogP contribution in [-0.2, 0) is 18.7 Å². The van der Waals surface area contributed by atoms with Gasteiger partial charge in [-0.3, -0.25) is 24.2 Å². The average molecular weight is 495 g/mol. The fraction of sp³-hybridized carbons (Fsp3) is 0.409. The molecule has 34 heavy (non-hydrogen) atoms. The van der Waals surface area contributed by atoms with Crippen LogP contribution in [0, 0.1) is 5.92 Å². The molecule has 2 aromatic rings. The molecule has 0 spiro atoms. The van der Waals surface area contributed by atoms with Gasteiger partial charge in [-0.05, 0) is 30.7 Å². The zero-order valence-electron chi connectivity index (χ0n) is 19.1. The molecule has 1 heterocycles. The van der Waals surface area contributed by atoms with Crippen molar-refractivity contribution in [3.63, 3.8) is 0 Å². The maximum Gasteiger partial charge on any atom is 0.358 e. The van der Waals surface area contributed by atoms with Gasteiger partial charge in [-0.1, -0.05) is 38.3 Å². The van der Waals surface area contributed by atoms with Gasteiger partial charge in [0.05, 0.1) is 24.4 Å². The summed E-state index contributed by atoms with van der Waals surface area (Å²) in [4.78, 5) is 45.4. The summed E-state index contributed by atoms with van der Waals surface area (Å²) in [5.74, 6) is -1.31. The molecule has 2 rings (SSSR count). The fourth-order valence-electron chi connectivity index (χ4n) is 3.21. The van der Waals surface area contributed by atoms with E-state index in [9.17, 15) is 29.0 Å². The Balaban J connectivity index is 1.96. The van der Waals surface area contributed by atoms with Gasteiger partial charge in [0.2, 0.25) is 12.3 Å². The molecule has 0 bridgehead atoms. The Labute approximate surface area is 197 Å². The van der Waals surface area contributed by atoms with Crippen LogP contribution >= 0.6 is 7.60 Å². The van der Waals surface area contributed by atoms with Gasteiger partial charge in [-0.25, -0.2) is 5.06 Å². The number of hydrogen-bond acceptors (Lipinski definition) is 7. The number of benzene rings is 1. The number of nitrogens with one attached hydrogen (secondary N) is 2. The Morgan fingerprint density at radius 2 is 2.00 bits per heavy atom. The number of carbonyl (C=O) groups excluding carboxylic acids is 3. The third kappa shape index (κ3) is 7.81. The van der Waals surface area contributed by atoms with Gasteiger partial charge < -0.3 is 24.5 Å². The van der Waals surface area contributed by atoms with E-state index >= 15 is 0 Å². The summed E-state index contributed by atoms with van der Waals surface area (Å²) in [6, 6.07) is 9.10. The lowest BCUT2D eigenvalue weighted by Gasteiger charge is -2.19. The highest BCUT2D eigenvalue weighted by Crippen LogP contribution is 2.40. The van der Waals surface area contributed by atoms with Crippen LogP contribution in [0.1, 0.15) is 43.2 Å². The van der Waals surface area contributed by atoms with Crippen LogP contribution < -0.4 is 15.9 Å². The van der Waals surface area contributed by atoms with Crippen LogP contribution in [0.3, 0.4) is 0 Å². The first kappa shape index (κ1) is 27.3. The number of hydrogen-bond donors (Lipinski definition) is 4. The molecule has 11 nitrogen and oxygen atoms in total. The third-order valence-corrected chi connectivity index (χ3v) is 6.53. The summed E-state index contributed by atoms with van der Waals surface area (Å²) < 4.78 is 22.2. The van der Waals surface area contributed by atoms with Crippen molar-refractivity contribution < 1.29 is 38.0 Å². The van der Waals surface area contributed by atoms with Gasteiger partial charge in [0.1, 0.15) is 5.76 Å². The summed E-state index contributed by atoms with van der Waals surface area (Å²) in [6.07, 6.45) is 3.36. The zero-order valence-corrected chi connectivity index (χ0v) is 20.0. The van der Waals surface area contributed by atoms with Crippen molar-refractivity contribution >= 4 is 31.1 Å². The van der Waals surface area contributed by atoms with Gasteiger partial charge in [-0.2, -0.15) is 0 Å². The van der Waals surface area contributed by atoms with Gasteiger partial charge in [0.25, 0.3) is 5.91 Å². The van der Waals surface area contributed by atoms with Crippen LogP contribution in [0.5, 0.6) is 0 Å². The van der Waals surface area contributed by atoms with E-state index in [1.165, 1.54) is 18.2 Å². The molecule has 0 aliphatic heterocycles. The number of furan rings is 1. The smallest absolute Gasteiger partial charge is 0.358 e. The highest BCUT2D eigenvalue weighted by molar-refractivity contribution is 7.61. The standard InChI is InChI=1S/C22H30N3O8P/c1-3-4-5-7-17(13-25(29)15-26)21(27)23-14-24-22(28)20-11-10-19(33-20)16-8-6-9-18(12-16)34(30,31)32-2/h6,8-12,15,17,29H,3-5,7,13-14H2,1-2H3,(H,23,27)(H,24,28)(H,30,31)/t17-/m1/s1. The maximum absolute atomic E-state index is 12.4. The number of carbonyl (C=O) groups is 3. The quantitative estimate of drug-likeness (QED) is 0.0776. The summed E-state index contributed by atoms with van der Waals surface area (Å²) in [6.45, 7) is 1.70. The number of rotatable bonds is 14. The van der Waals surface area contributed by atoms with Gasteiger partial charge in [0, 0.05) is 12.7 Å². The minimum Gasteiger partial charge on any atom is -0.451 e. The monoisotopic (exact) mass is 495 g/mol. The van der Waals surface area contributed by atoms with Crippen LogP contribution in [-0.4, -0.2) is 53.7 Å². The summed E-state index contributed by atoms with van der Waals surface area (Å²) in [7, 11) is -2.80. The van der Waals surface area contributed by atoms with E-state index in [1.807, 2.05) is 6.92 Å². The Morgan fingerprint density at radius 1 is 1.24 bits per heavy atom. The molecule has 3 amide bonds. The topological polar surface area (TPSA) is 158 Å². The van der Waals surface area contributed by atoms with Crippen LogP contribution in [0.4, 0.5) is 0 Å². The molecule has 0 saturated heterocycles. The maximum atomic E-state index is 12.4. The van der Waals surface area contributed by atoms with Crippen LogP contribution in [0.15, 0.2) is 40.8 Å². The molecule has 0 fully saturated rings. The largest absolute Gasteiger partial charge is 0.451 e. The second-order valence-electron chi connectivity index (χ2n) is 7.56.